The number of benzene rings is 2. The monoisotopic (exact) mass is 405 g/mol. The van der Waals surface area contributed by atoms with Crippen LogP contribution in [0.1, 0.15) is 18.5 Å². The van der Waals surface area contributed by atoms with E-state index in [1.165, 1.54) is 0 Å². The van der Waals surface area contributed by atoms with E-state index in [0.29, 0.717) is 28.7 Å². The molecule has 0 radical (unpaired) electrons. The lowest BCUT2D eigenvalue weighted by atomic mass is 9.94. The number of para-hydroxylation sites is 2. The zero-order chi connectivity index (χ0) is 21.3. The number of allylic oxidation sites excluding steroid dienone is 1. The third-order valence-corrected chi connectivity index (χ3v) is 5.11. The number of aromatic nitrogens is 2. The number of nitrogens with one attached hydrogen (secondary N) is 1. The highest BCUT2D eigenvalue weighted by molar-refractivity contribution is 5.94. The third kappa shape index (κ3) is 3.18. The summed E-state index contributed by atoms with van der Waals surface area (Å²) >= 11 is 0. The van der Waals surface area contributed by atoms with Crippen LogP contribution < -0.4 is 14.8 Å². The first-order valence-electron chi connectivity index (χ1n) is 9.53. The lowest BCUT2D eigenvalue weighted by molar-refractivity contribution is -0.138. The van der Waals surface area contributed by atoms with Crippen molar-refractivity contribution in [2.24, 2.45) is 0 Å². The average molecular weight is 405 g/mol. The molecule has 0 spiro atoms. The standard InChI is InChI=1S/C23H23N3O4/c1-5-12-30-22(27)20-14(2)24-23-25-16-8-6-7-9-17(16)26(23)21(20)15-10-11-18(28-3)19(13-15)29-4/h5-11,13,21H,1,12H2,2-4H3,(H,24,25). The molecule has 0 fully saturated rings. The maximum absolute atomic E-state index is 13.0. The fourth-order valence-electron chi connectivity index (χ4n) is 3.78. The summed E-state index contributed by atoms with van der Waals surface area (Å²) in [5, 5.41) is 3.26. The van der Waals surface area contributed by atoms with Gasteiger partial charge in [0.15, 0.2) is 11.5 Å². The van der Waals surface area contributed by atoms with Crippen LogP contribution in [0.4, 0.5) is 5.95 Å². The van der Waals surface area contributed by atoms with Crippen molar-refractivity contribution in [3.63, 3.8) is 0 Å². The van der Waals surface area contributed by atoms with E-state index in [2.05, 4.69) is 11.9 Å². The second kappa shape index (κ2) is 7.94. The number of hydrogen-bond acceptors (Lipinski definition) is 6. The Kier molecular flexibility index (Phi) is 5.18. The molecule has 1 N–H and O–H groups in total. The second-order valence-electron chi connectivity index (χ2n) is 6.86. The van der Waals surface area contributed by atoms with Gasteiger partial charge in [0, 0.05) is 5.70 Å². The molecule has 1 aliphatic rings. The molecule has 0 amide bonds. The predicted molar refractivity (Wildman–Crippen MR) is 115 cm³/mol. The van der Waals surface area contributed by atoms with Crippen LogP contribution in [0.25, 0.3) is 11.0 Å². The fourth-order valence-corrected chi connectivity index (χ4v) is 3.78. The van der Waals surface area contributed by atoms with Gasteiger partial charge in [-0.3, -0.25) is 4.57 Å². The van der Waals surface area contributed by atoms with Crippen LogP contribution in [0.3, 0.4) is 0 Å². The van der Waals surface area contributed by atoms with E-state index in [0.717, 1.165) is 16.6 Å². The summed E-state index contributed by atoms with van der Waals surface area (Å²) in [5.41, 5.74) is 3.77. The van der Waals surface area contributed by atoms with Crippen molar-refractivity contribution < 1.29 is 19.0 Å². The van der Waals surface area contributed by atoms with Gasteiger partial charge in [0.1, 0.15) is 6.61 Å². The molecule has 30 heavy (non-hydrogen) atoms. The smallest absolute Gasteiger partial charge is 0.338 e. The summed E-state index contributed by atoms with van der Waals surface area (Å²) in [7, 11) is 3.17. The Morgan fingerprint density at radius 3 is 2.70 bits per heavy atom. The van der Waals surface area contributed by atoms with Gasteiger partial charge in [-0.1, -0.05) is 30.9 Å². The molecule has 2 aromatic carbocycles. The average Bonchev–Trinajstić information content (AvgIpc) is 3.13. The predicted octanol–water partition coefficient (Wildman–Crippen LogP) is 4.07. The fraction of sp³-hybridized carbons (Fsp3) is 0.217. The van der Waals surface area contributed by atoms with Gasteiger partial charge >= 0.3 is 5.97 Å². The summed E-state index contributed by atoms with van der Waals surface area (Å²) in [6.07, 6.45) is 1.55. The first-order chi connectivity index (χ1) is 14.6. The number of imidazole rings is 1. The van der Waals surface area contributed by atoms with Crippen LogP contribution in [0.2, 0.25) is 0 Å². The minimum absolute atomic E-state index is 0.131. The molecular formula is C23H23N3O4. The van der Waals surface area contributed by atoms with E-state index in [9.17, 15) is 4.79 Å². The van der Waals surface area contributed by atoms with Crippen LogP contribution in [-0.4, -0.2) is 36.3 Å². The highest BCUT2D eigenvalue weighted by Crippen LogP contribution is 2.41. The summed E-state index contributed by atoms with van der Waals surface area (Å²) in [6.45, 7) is 5.61. The van der Waals surface area contributed by atoms with Gasteiger partial charge in [0.2, 0.25) is 5.95 Å². The van der Waals surface area contributed by atoms with E-state index in [1.807, 2.05) is 54.0 Å². The molecule has 0 saturated heterocycles. The Morgan fingerprint density at radius 1 is 1.20 bits per heavy atom. The zero-order valence-electron chi connectivity index (χ0n) is 17.1. The van der Waals surface area contributed by atoms with Gasteiger partial charge in [-0.25, -0.2) is 9.78 Å². The Morgan fingerprint density at radius 2 is 1.97 bits per heavy atom. The first kappa shape index (κ1) is 19.6. The third-order valence-electron chi connectivity index (χ3n) is 5.11. The molecular weight excluding hydrogens is 382 g/mol. The maximum Gasteiger partial charge on any atom is 0.338 e. The highest BCUT2D eigenvalue weighted by atomic mass is 16.5. The van der Waals surface area contributed by atoms with Gasteiger partial charge in [-0.2, -0.15) is 0 Å². The Labute approximate surface area is 174 Å². The molecule has 1 unspecified atom stereocenters. The van der Waals surface area contributed by atoms with Gasteiger partial charge in [0.05, 0.1) is 36.9 Å². The van der Waals surface area contributed by atoms with Crippen LogP contribution in [0, 0.1) is 0 Å². The molecule has 1 aliphatic heterocycles. The van der Waals surface area contributed by atoms with Crippen LogP contribution in [-0.2, 0) is 9.53 Å². The van der Waals surface area contributed by atoms with Gasteiger partial charge in [-0.15, -0.1) is 0 Å². The summed E-state index contributed by atoms with van der Waals surface area (Å²) < 4.78 is 18.3. The number of methoxy groups -OCH3 is 2. The number of rotatable bonds is 6. The van der Waals surface area contributed by atoms with Crippen molar-refractivity contribution in [3.8, 4) is 11.5 Å². The quantitative estimate of drug-likeness (QED) is 0.492. The Hall–Kier alpha value is -3.74. The molecule has 3 aromatic rings. The first-order valence-corrected chi connectivity index (χ1v) is 9.53. The molecule has 7 heteroatoms. The zero-order valence-corrected chi connectivity index (χ0v) is 17.1. The van der Waals surface area contributed by atoms with Crippen molar-refractivity contribution in [2.75, 3.05) is 26.1 Å². The van der Waals surface area contributed by atoms with Crippen molar-refractivity contribution in [3.05, 3.63) is 72.0 Å². The van der Waals surface area contributed by atoms with Crippen molar-refractivity contribution in [1.29, 1.82) is 0 Å². The molecule has 0 saturated carbocycles. The van der Waals surface area contributed by atoms with E-state index in [1.54, 1.807) is 20.3 Å². The lowest BCUT2D eigenvalue weighted by Crippen LogP contribution is -2.29. The number of fused-ring (bicyclic) bond motifs is 3. The topological polar surface area (TPSA) is 74.6 Å². The van der Waals surface area contributed by atoms with E-state index >= 15 is 0 Å². The number of carbonyl (C=O) groups is 1. The van der Waals surface area contributed by atoms with E-state index in [4.69, 9.17) is 19.2 Å². The van der Waals surface area contributed by atoms with Gasteiger partial charge in [0.25, 0.3) is 0 Å². The molecule has 7 nitrogen and oxygen atoms in total. The normalized spacial score (nSPS) is 15.4. The largest absolute Gasteiger partial charge is 0.493 e. The minimum atomic E-state index is -0.453. The second-order valence-corrected chi connectivity index (χ2v) is 6.86. The number of nitrogens with zero attached hydrogens (tertiary/aromatic N) is 2. The molecule has 4 rings (SSSR count). The SMILES string of the molecule is C=CCOC(=O)C1=C(C)Nc2nc3ccccc3n2C1c1ccc(OC)c(OC)c1. The maximum atomic E-state index is 13.0. The summed E-state index contributed by atoms with van der Waals surface area (Å²) in [4.78, 5) is 17.7. The number of ether oxygens (including phenoxy) is 3. The van der Waals surface area contributed by atoms with Crippen LogP contribution >= 0.6 is 0 Å². The summed E-state index contributed by atoms with van der Waals surface area (Å²) in [5.74, 6) is 1.44. The number of anilines is 1. The lowest BCUT2D eigenvalue weighted by Gasteiger charge is -2.30. The van der Waals surface area contributed by atoms with Crippen molar-refractivity contribution >= 4 is 23.0 Å². The Bertz CT molecular complexity index is 1160. The van der Waals surface area contributed by atoms with E-state index in [-0.39, 0.29) is 6.61 Å². The molecule has 154 valence electrons. The number of hydrogen-bond donors (Lipinski definition) is 1. The molecule has 1 atom stereocenters. The number of esters is 1. The number of carbonyl (C=O) groups excluding carboxylic acids is 1. The highest BCUT2D eigenvalue weighted by Gasteiger charge is 2.35. The van der Waals surface area contributed by atoms with Gasteiger partial charge < -0.3 is 19.5 Å². The van der Waals surface area contributed by atoms with Crippen molar-refractivity contribution in [1.82, 2.24) is 9.55 Å². The van der Waals surface area contributed by atoms with Crippen LogP contribution in [0.15, 0.2) is 66.4 Å². The summed E-state index contributed by atoms with van der Waals surface area (Å²) in [6, 6.07) is 13.0. The Balaban J connectivity index is 1.95. The van der Waals surface area contributed by atoms with E-state index < -0.39 is 12.0 Å². The van der Waals surface area contributed by atoms with Crippen molar-refractivity contribution in [2.45, 2.75) is 13.0 Å². The van der Waals surface area contributed by atoms with Crippen LogP contribution in [0.5, 0.6) is 11.5 Å². The van der Waals surface area contributed by atoms with Gasteiger partial charge in [-0.05, 0) is 36.8 Å². The molecule has 1 aromatic heterocycles. The minimum Gasteiger partial charge on any atom is -0.493 e. The molecule has 0 bridgehead atoms. The molecule has 0 aliphatic carbocycles. The molecule has 2 heterocycles.